The molecule has 4 unspecified atom stereocenters. The van der Waals surface area contributed by atoms with Crippen LogP contribution in [0.25, 0.3) is 0 Å². The van der Waals surface area contributed by atoms with Gasteiger partial charge in [0.2, 0.25) is 0 Å². The molecule has 0 aromatic heterocycles. The van der Waals surface area contributed by atoms with Crippen LogP contribution >= 0.6 is 0 Å². The molecular weight excluding hydrogens is 380 g/mol. The Morgan fingerprint density at radius 2 is 1.84 bits per heavy atom. The highest BCUT2D eigenvalue weighted by Gasteiger charge is 2.59. The quantitative estimate of drug-likeness (QED) is 0.317. The number of carbonyl (C=O) groups excluding carboxylic acids is 1. The third-order valence-corrected chi connectivity index (χ3v) is 10.6. The van der Waals surface area contributed by atoms with Gasteiger partial charge in [0, 0.05) is 13.3 Å². The second-order valence-electron chi connectivity index (χ2n) is 12.8. The van der Waals surface area contributed by atoms with Gasteiger partial charge in [0.15, 0.2) is 0 Å². The van der Waals surface area contributed by atoms with Crippen molar-refractivity contribution in [2.75, 3.05) is 0 Å². The molecule has 31 heavy (non-hydrogen) atoms. The number of hydrogen-bond donors (Lipinski definition) is 0. The van der Waals surface area contributed by atoms with Gasteiger partial charge >= 0.3 is 5.97 Å². The van der Waals surface area contributed by atoms with Gasteiger partial charge in [-0.25, -0.2) is 0 Å². The van der Waals surface area contributed by atoms with Crippen molar-refractivity contribution in [1.29, 1.82) is 0 Å². The SMILES string of the molecule is CC(=O)O[C@H]1CC[C@@]2(C)C(=CCC3C2CC[C@@]2(C)C3CC[C@@H]2C(C)CCCC(C)C)C1. The number of allylic oxidation sites excluding steroid dienone is 1. The minimum Gasteiger partial charge on any atom is -0.462 e. The fourth-order valence-corrected chi connectivity index (χ4v) is 8.99. The molecule has 0 amide bonds. The molecule has 0 spiro atoms. The van der Waals surface area contributed by atoms with Crippen LogP contribution in [-0.4, -0.2) is 12.1 Å². The first-order chi connectivity index (χ1) is 14.6. The Hall–Kier alpha value is -0.790. The molecule has 0 N–H and O–H groups in total. The number of esters is 1. The Labute approximate surface area is 192 Å². The molecule has 2 nitrogen and oxygen atoms in total. The molecule has 3 saturated carbocycles. The molecule has 4 rings (SSSR count). The Morgan fingerprint density at radius 3 is 2.55 bits per heavy atom. The molecule has 4 aliphatic carbocycles. The standard InChI is InChI=1S/C29H48O2/c1-19(2)8-7-9-20(3)25-12-13-26-24-11-10-22-18-23(31-21(4)30)14-16-28(22,5)27(24)15-17-29(25,26)6/h10,19-20,23-27H,7-9,11-18H2,1-6H3/t20?,23-,24?,25+,26?,27?,28-,29+/m0/s1. The molecule has 3 fully saturated rings. The van der Waals surface area contributed by atoms with E-state index in [4.69, 9.17) is 4.74 Å². The maximum absolute atomic E-state index is 11.5. The lowest BCUT2D eigenvalue weighted by molar-refractivity contribution is -0.148. The van der Waals surface area contributed by atoms with E-state index in [2.05, 4.69) is 40.7 Å². The summed E-state index contributed by atoms with van der Waals surface area (Å²) in [6.45, 7) is 14.1. The third-order valence-electron chi connectivity index (χ3n) is 10.6. The molecular formula is C29H48O2. The topological polar surface area (TPSA) is 26.3 Å². The van der Waals surface area contributed by atoms with Crippen LogP contribution in [0, 0.1) is 46.3 Å². The number of rotatable bonds is 6. The summed E-state index contributed by atoms with van der Waals surface area (Å²) in [6.07, 6.45) is 17.2. The first-order valence-electron chi connectivity index (χ1n) is 13.5. The van der Waals surface area contributed by atoms with Gasteiger partial charge in [-0.15, -0.1) is 0 Å². The van der Waals surface area contributed by atoms with Crippen molar-refractivity contribution in [2.45, 2.75) is 118 Å². The highest BCUT2D eigenvalue weighted by atomic mass is 16.5. The van der Waals surface area contributed by atoms with Gasteiger partial charge in [-0.3, -0.25) is 4.79 Å². The van der Waals surface area contributed by atoms with Crippen LogP contribution < -0.4 is 0 Å². The zero-order chi connectivity index (χ0) is 22.4. The molecule has 0 aromatic rings. The minimum absolute atomic E-state index is 0.115. The van der Waals surface area contributed by atoms with Crippen molar-refractivity contribution in [2.24, 2.45) is 46.3 Å². The van der Waals surface area contributed by atoms with E-state index in [1.807, 2.05) is 0 Å². The highest BCUT2D eigenvalue weighted by molar-refractivity contribution is 5.66. The van der Waals surface area contributed by atoms with E-state index in [0.29, 0.717) is 10.8 Å². The molecule has 0 bridgehead atoms. The van der Waals surface area contributed by atoms with E-state index in [-0.39, 0.29) is 12.1 Å². The van der Waals surface area contributed by atoms with E-state index in [1.165, 1.54) is 57.8 Å². The molecule has 4 aliphatic rings. The molecule has 0 aliphatic heterocycles. The molecule has 0 aromatic carbocycles. The summed E-state index contributed by atoms with van der Waals surface area (Å²) in [5.41, 5.74) is 2.53. The van der Waals surface area contributed by atoms with Gasteiger partial charge in [0.25, 0.3) is 0 Å². The van der Waals surface area contributed by atoms with Crippen LogP contribution in [0.1, 0.15) is 112 Å². The summed E-state index contributed by atoms with van der Waals surface area (Å²) in [5, 5.41) is 0. The second kappa shape index (κ2) is 8.86. The summed E-state index contributed by atoms with van der Waals surface area (Å²) >= 11 is 0. The Bertz CT molecular complexity index is 693. The molecule has 0 heterocycles. The second-order valence-corrected chi connectivity index (χ2v) is 12.8. The minimum atomic E-state index is -0.115. The van der Waals surface area contributed by atoms with Crippen molar-refractivity contribution < 1.29 is 9.53 Å². The first kappa shape index (κ1) is 23.4. The van der Waals surface area contributed by atoms with E-state index in [9.17, 15) is 4.79 Å². The highest BCUT2D eigenvalue weighted by Crippen LogP contribution is 2.67. The van der Waals surface area contributed by atoms with E-state index < -0.39 is 0 Å². The number of hydrogen-bond acceptors (Lipinski definition) is 2. The van der Waals surface area contributed by atoms with Crippen LogP contribution in [0.3, 0.4) is 0 Å². The van der Waals surface area contributed by atoms with Crippen LogP contribution in [-0.2, 0) is 9.53 Å². The maximum atomic E-state index is 11.5. The normalized spacial score (nSPS) is 42.9. The molecule has 0 radical (unpaired) electrons. The van der Waals surface area contributed by atoms with Crippen molar-refractivity contribution >= 4 is 5.97 Å². The number of ether oxygens (including phenoxy) is 1. The molecule has 176 valence electrons. The fraction of sp³-hybridized carbons (Fsp3) is 0.897. The van der Waals surface area contributed by atoms with E-state index in [0.717, 1.165) is 48.3 Å². The summed E-state index contributed by atoms with van der Waals surface area (Å²) in [7, 11) is 0. The Morgan fingerprint density at radius 1 is 1.06 bits per heavy atom. The predicted octanol–water partition coefficient (Wildman–Crippen LogP) is 7.96. The zero-order valence-electron chi connectivity index (χ0n) is 21.2. The molecule has 2 heteroatoms. The lowest BCUT2D eigenvalue weighted by Crippen LogP contribution is -2.51. The number of carbonyl (C=O) groups is 1. The largest absolute Gasteiger partial charge is 0.462 e. The van der Waals surface area contributed by atoms with Gasteiger partial charge < -0.3 is 4.74 Å². The smallest absolute Gasteiger partial charge is 0.302 e. The summed E-state index contributed by atoms with van der Waals surface area (Å²) < 4.78 is 5.61. The van der Waals surface area contributed by atoms with Crippen LogP contribution in [0.4, 0.5) is 0 Å². The van der Waals surface area contributed by atoms with Gasteiger partial charge in [0.05, 0.1) is 0 Å². The summed E-state index contributed by atoms with van der Waals surface area (Å²) in [4.78, 5) is 11.5. The third kappa shape index (κ3) is 4.26. The van der Waals surface area contributed by atoms with Crippen molar-refractivity contribution in [3.8, 4) is 0 Å². The first-order valence-corrected chi connectivity index (χ1v) is 13.5. The van der Waals surface area contributed by atoms with Crippen molar-refractivity contribution in [3.05, 3.63) is 11.6 Å². The van der Waals surface area contributed by atoms with Crippen LogP contribution in [0.2, 0.25) is 0 Å². The Kier molecular flexibility index (Phi) is 6.68. The van der Waals surface area contributed by atoms with Crippen molar-refractivity contribution in [1.82, 2.24) is 0 Å². The zero-order valence-corrected chi connectivity index (χ0v) is 21.2. The van der Waals surface area contributed by atoms with Crippen molar-refractivity contribution in [3.63, 3.8) is 0 Å². The maximum Gasteiger partial charge on any atom is 0.302 e. The van der Waals surface area contributed by atoms with E-state index >= 15 is 0 Å². The lowest BCUT2D eigenvalue weighted by Gasteiger charge is -2.58. The van der Waals surface area contributed by atoms with Crippen LogP contribution in [0.5, 0.6) is 0 Å². The van der Waals surface area contributed by atoms with Crippen LogP contribution in [0.15, 0.2) is 11.6 Å². The summed E-state index contributed by atoms with van der Waals surface area (Å²) in [5.74, 6) is 5.19. The Balaban J connectivity index is 1.47. The average molecular weight is 429 g/mol. The summed E-state index contributed by atoms with van der Waals surface area (Å²) in [6, 6.07) is 0. The van der Waals surface area contributed by atoms with Gasteiger partial charge in [-0.05, 0) is 91.3 Å². The van der Waals surface area contributed by atoms with Gasteiger partial charge in [0.1, 0.15) is 6.10 Å². The average Bonchev–Trinajstić information content (AvgIpc) is 3.05. The number of fused-ring (bicyclic) bond motifs is 5. The predicted molar refractivity (Wildman–Crippen MR) is 129 cm³/mol. The molecule has 0 saturated heterocycles. The van der Waals surface area contributed by atoms with Gasteiger partial charge in [-0.1, -0.05) is 65.5 Å². The lowest BCUT2D eigenvalue weighted by atomic mass is 9.47. The van der Waals surface area contributed by atoms with E-state index in [1.54, 1.807) is 12.5 Å². The monoisotopic (exact) mass is 428 g/mol. The molecule has 8 atom stereocenters. The fourth-order valence-electron chi connectivity index (χ4n) is 8.99. The van der Waals surface area contributed by atoms with Gasteiger partial charge in [-0.2, -0.15) is 0 Å².